The highest BCUT2D eigenvalue weighted by Crippen LogP contribution is 2.32. The lowest BCUT2D eigenvalue weighted by Crippen LogP contribution is -2.48. The van der Waals surface area contributed by atoms with E-state index in [4.69, 9.17) is 5.11 Å². The van der Waals surface area contributed by atoms with Gasteiger partial charge in [0.2, 0.25) is 10.0 Å². The van der Waals surface area contributed by atoms with Crippen molar-refractivity contribution in [1.82, 2.24) is 4.31 Å². The van der Waals surface area contributed by atoms with Crippen LogP contribution in [0.25, 0.3) is 0 Å². The van der Waals surface area contributed by atoms with E-state index < -0.39 is 21.2 Å². The van der Waals surface area contributed by atoms with Gasteiger partial charge in [-0.05, 0) is 36.8 Å². The average molecular weight is 323 g/mol. The van der Waals surface area contributed by atoms with Crippen LogP contribution in [0.2, 0.25) is 0 Å². The summed E-state index contributed by atoms with van der Waals surface area (Å²) in [5.41, 5.74) is 2.20. The smallest absolute Gasteiger partial charge is 0.304 e. The summed E-state index contributed by atoms with van der Waals surface area (Å²) in [6.45, 7) is 0.452. The van der Waals surface area contributed by atoms with Gasteiger partial charge in [0, 0.05) is 12.6 Å². The number of hydrogen-bond donors (Lipinski definition) is 1. The molecule has 0 amide bonds. The number of sulfonamides is 1. The zero-order valence-corrected chi connectivity index (χ0v) is 13.3. The zero-order valence-electron chi connectivity index (χ0n) is 12.4. The number of rotatable bonds is 4. The van der Waals surface area contributed by atoms with Crippen molar-refractivity contribution in [2.24, 2.45) is 0 Å². The van der Waals surface area contributed by atoms with Crippen LogP contribution in [-0.2, 0) is 27.7 Å². The van der Waals surface area contributed by atoms with E-state index in [0.29, 0.717) is 25.8 Å². The SMILES string of the molecule is O=C(O)CC1CCCCN1S(=O)(=O)C1Cc2ccccc2C1. The van der Waals surface area contributed by atoms with Gasteiger partial charge in [0.05, 0.1) is 11.7 Å². The van der Waals surface area contributed by atoms with Crippen LogP contribution in [0.1, 0.15) is 36.8 Å². The first-order valence-electron chi connectivity index (χ1n) is 7.77. The number of aliphatic carboxylic acids is 1. The van der Waals surface area contributed by atoms with E-state index in [2.05, 4.69) is 0 Å². The largest absolute Gasteiger partial charge is 0.481 e. The minimum Gasteiger partial charge on any atom is -0.481 e. The molecule has 5 nitrogen and oxygen atoms in total. The second-order valence-electron chi connectivity index (χ2n) is 6.20. The molecule has 1 saturated heterocycles. The molecule has 1 unspecified atom stereocenters. The van der Waals surface area contributed by atoms with E-state index in [1.165, 1.54) is 4.31 Å². The molecular formula is C16H21NO4S. The fraction of sp³-hybridized carbons (Fsp3) is 0.562. The van der Waals surface area contributed by atoms with Crippen molar-refractivity contribution in [1.29, 1.82) is 0 Å². The molecule has 1 aromatic carbocycles. The first-order valence-corrected chi connectivity index (χ1v) is 9.28. The van der Waals surface area contributed by atoms with Crippen LogP contribution in [0.5, 0.6) is 0 Å². The second-order valence-corrected chi connectivity index (χ2v) is 8.37. The predicted molar refractivity (Wildman–Crippen MR) is 83.2 cm³/mol. The van der Waals surface area contributed by atoms with Crippen LogP contribution in [0.4, 0.5) is 0 Å². The molecule has 0 saturated carbocycles. The lowest BCUT2D eigenvalue weighted by Gasteiger charge is -2.35. The minimum absolute atomic E-state index is 0.0983. The number of benzene rings is 1. The lowest BCUT2D eigenvalue weighted by molar-refractivity contribution is -0.138. The number of carbonyl (C=O) groups is 1. The molecule has 1 aromatic rings. The van der Waals surface area contributed by atoms with Crippen LogP contribution >= 0.6 is 0 Å². The summed E-state index contributed by atoms with van der Waals surface area (Å²) in [5, 5.41) is 8.59. The first-order chi connectivity index (χ1) is 10.5. The van der Waals surface area contributed by atoms with Gasteiger partial charge in [0.1, 0.15) is 0 Å². The van der Waals surface area contributed by atoms with E-state index >= 15 is 0 Å². The summed E-state index contributed by atoms with van der Waals surface area (Å²) in [7, 11) is -3.45. The minimum atomic E-state index is -3.45. The fourth-order valence-corrected chi connectivity index (χ4v) is 5.78. The van der Waals surface area contributed by atoms with Gasteiger partial charge in [0.15, 0.2) is 0 Å². The van der Waals surface area contributed by atoms with Crippen molar-refractivity contribution in [2.75, 3.05) is 6.54 Å². The molecule has 1 aliphatic heterocycles. The van der Waals surface area contributed by atoms with E-state index in [-0.39, 0.29) is 12.5 Å². The molecule has 120 valence electrons. The lowest BCUT2D eigenvalue weighted by atomic mass is 10.0. The van der Waals surface area contributed by atoms with Gasteiger partial charge >= 0.3 is 5.97 Å². The molecule has 6 heteroatoms. The highest BCUT2D eigenvalue weighted by Gasteiger charge is 2.40. The Labute approximate surface area is 131 Å². The van der Waals surface area contributed by atoms with Crippen LogP contribution in [0.15, 0.2) is 24.3 Å². The molecule has 1 atom stereocenters. The Morgan fingerprint density at radius 3 is 2.41 bits per heavy atom. The van der Waals surface area contributed by atoms with Gasteiger partial charge in [-0.3, -0.25) is 4.79 Å². The van der Waals surface area contributed by atoms with Gasteiger partial charge in [-0.1, -0.05) is 30.7 Å². The van der Waals surface area contributed by atoms with E-state index in [0.717, 1.165) is 24.0 Å². The number of fused-ring (bicyclic) bond motifs is 1. The molecule has 0 aromatic heterocycles. The molecule has 1 N–H and O–H groups in total. The Bertz CT molecular complexity index is 645. The Hall–Kier alpha value is -1.40. The van der Waals surface area contributed by atoms with Crippen molar-refractivity contribution in [3.8, 4) is 0 Å². The third-order valence-electron chi connectivity index (χ3n) is 4.75. The second kappa shape index (κ2) is 6.01. The van der Waals surface area contributed by atoms with Gasteiger partial charge < -0.3 is 5.11 Å². The first kappa shape index (κ1) is 15.5. The Balaban J connectivity index is 1.81. The molecular weight excluding hydrogens is 302 g/mol. The number of carboxylic acids is 1. The molecule has 0 radical (unpaired) electrons. The van der Waals surface area contributed by atoms with Crippen LogP contribution in [0.3, 0.4) is 0 Å². The molecule has 0 bridgehead atoms. The van der Waals surface area contributed by atoms with Crippen molar-refractivity contribution >= 4 is 16.0 Å². The molecule has 22 heavy (non-hydrogen) atoms. The molecule has 1 heterocycles. The predicted octanol–water partition coefficient (Wildman–Crippen LogP) is 1.81. The van der Waals surface area contributed by atoms with Crippen LogP contribution in [-0.4, -0.2) is 41.6 Å². The quantitative estimate of drug-likeness (QED) is 0.917. The summed E-state index contributed by atoms with van der Waals surface area (Å²) in [5.74, 6) is -0.929. The normalized spacial score (nSPS) is 23.4. The van der Waals surface area contributed by atoms with Crippen molar-refractivity contribution in [3.05, 3.63) is 35.4 Å². The standard InChI is InChI=1S/C16H21NO4S/c18-16(19)11-14-7-3-4-8-17(14)22(20,21)15-9-12-5-1-2-6-13(12)10-15/h1-2,5-6,14-15H,3-4,7-11H2,(H,18,19). The fourth-order valence-electron chi connectivity index (χ4n) is 3.64. The summed E-state index contributed by atoms with van der Waals surface area (Å²) >= 11 is 0. The maximum atomic E-state index is 13.0. The van der Waals surface area contributed by atoms with Crippen LogP contribution < -0.4 is 0 Å². The summed E-state index contributed by atoms with van der Waals surface area (Å²) in [4.78, 5) is 11.0. The maximum Gasteiger partial charge on any atom is 0.304 e. The molecule has 3 rings (SSSR count). The molecule has 1 fully saturated rings. The van der Waals surface area contributed by atoms with E-state index in [1.54, 1.807) is 0 Å². The Morgan fingerprint density at radius 1 is 1.18 bits per heavy atom. The number of nitrogens with zero attached hydrogens (tertiary/aromatic N) is 1. The third-order valence-corrected chi connectivity index (χ3v) is 7.06. The zero-order chi connectivity index (χ0) is 15.7. The summed E-state index contributed by atoms with van der Waals surface area (Å²) in [6.07, 6.45) is 3.33. The highest BCUT2D eigenvalue weighted by atomic mass is 32.2. The van der Waals surface area contributed by atoms with Crippen molar-refractivity contribution in [3.63, 3.8) is 0 Å². The maximum absolute atomic E-state index is 13.0. The van der Waals surface area contributed by atoms with Gasteiger partial charge in [-0.15, -0.1) is 0 Å². The molecule has 2 aliphatic rings. The highest BCUT2D eigenvalue weighted by molar-refractivity contribution is 7.89. The van der Waals surface area contributed by atoms with E-state index in [9.17, 15) is 13.2 Å². The summed E-state index contributed by atoms with van der Waals surface area (Å²) in [6, 6.07) is 7.44. The van der Waals surface area contributed by atoms with Gasteiger partial charge in [-0.25, -0.2) is 8.42 Å². The topological polar surface area (TPSA) is 74.7 Å². The van der Waals surface area contributed by atoms with E-state index in [1.807, 2.05) is 24.3 Å². The summed E-state index contributed by atoms with van der Waals surface area (Å²) < 4.78 is 27.4. The number of hydrogen-bond acceptors (Lipinski definition) is 3. The third kappa shape index (κ3) is 2.90. The van der Waals surface area contributed by atoms with Gasteiger partial charge in [-0.2, -0.15) is 4.31 Å². The monoisotopic (exact) mass is 323 g/mol. The molecule has 0 spiro atoms. The number of carboxylic acid groups (broad SMARTS) is 1. The Morgan fingerprint density at radius 2 is 1.82 bits per heavy atom. The van der Waals surface area contributed by atoms with Crippen LogP contribution in [0, 0.1) is 0 Å². The average Bonchev–Trinajstić information content (AvgIpc) is 2.92. The van der Waals surface area contributed by atoms with Crippen molar-refractivity contribution in [2.45, 2.75) is 49.8 Å². The Kier molecular flexibility index (Phi) is 4.23. The number of piperidine rings is 1. The van der Waals surface area contributed by atoms with Gasteiger partial charge in [0.25, 0.3) is 0 Å². The molecule has 1 aliphatic carbocycles. The van der Waals surface area contributed by atoms with Crippen molar-refractivity contribution < 1.29 is 18.3 Å².